The first kappa shape index (κ1) is 16.0. The van der Waals surface area contributed by atoms with Gasteiger partial charge in [-0.15, -0.1) is 0 Å². The van der Waals surface area contributed by atoms with Crippen LogP contribution in [0.3, 0.4) is 0 Å². The molecule has 2 rings (SSSR count). The average Bonchev–Trinajstić information content (AvgIpc) is 2.48. The Hall–Kier alpha value is -1.40. The van der Waals surface area contributed by atoms with Crippen LogP contribution in [0.2, 0.25) is 5.02 Å². The van der Waals surface area contributed by atoms with Crippen molar-refractivity contribution >= 4 is 23.1 Å². The predicted molar refractivity (Wildman–Crippen MR) is 84.0 cm³/mol. The summed E-state index contributed by atoms with van der Waals surface area (Å²) in [4.78, 5) is 17.1. The first-order valence-electron chi connectivity index (χ1n) is 7.37. The second-order valence-corrected chi connectivity index (χ2v) is 5.83. The molecule has 7 heteroatoms. The summed E-state index contributed by atoms with van der Waals surface area (Å²) in [5, 5.41) is 14.9. The van der Waals surface area contributed by atoms with E-state index in [-0.39, 0.29) is 5.69 Å². The molecule has 1 saturated heterocycles. The zero-order chi connectivity index (χ0) is 15.2. The third-order valence-corrected chi connectivity index (χ3v) is 3.95. The van der Waals surface area contributed by atoms with E-state index in [4.69, 9.17) is 11.6 Å². The minimum Gasteiger partial charge on any atom is -0.351 e. The maximum atomic E-state index is 11.2. The van der Waals surface area contributed by atoms with Gasteiger partial charge in [0, 0.05) is 25.4 Å². The standard InChI is InChI=1S/C14H21ClN4O2/c1-2-7-18(10-11-3-5-16-6-4-11)14-13(19(20)21)8-12(15)9-17-14/h8-9,11,16H,2-7,10H2,1H3. The SMILES string of the molecule is CCCN(CC1CCNCC1)c1ncc(Cl)cc1[N+](=O)[O-]. The fourth-order valence-electron chi connectivity index (χ4n) is 2.73. The molecule has 0 radical (unpaired) electrons. The number of nitrogens with one attached hydrogen (secondary N) is 1. The molecule has 1 aromatic rings. The van der Waals surface area contributed by atoms with Crippen molar-refractivity contribution in [2.24, 2.45) is 5.92 Å². The van der Waals surface area contributed by atoms with E-state index < -0.39 is 4.92 Å². The lowest BCUT2D eigenvalue weighted by Gasteiger charge is -2.30. The number of pyridine rings is 1. The second kappa shape index (κ2) is 7.56. The number of rotatable bonds is 6. The van der Waals surface area contributed by atoms with Gasteiger partial charge in [0.25, 0.3) is 0 Å². The van der Waals surface area contributed by atoms with Gasteiger partial charge in [-0.25, -0.2) is 4.98 Å². The van der Waals surface area contributed by atoms with Gasteiger partial charge in [0.1, 0.15) is 0 Å². The van der Waals surface area contributed by atoms with Gasteiger partial charge >= 0.3 is 5.69 Å². The Morgan fingerprint density at radius 3 is 2.86 bits per heavy atom. The predicted octanol–water partition coefficient (Wildman–Crippen LogP) is 2.86. The lowest BCUT2D eigenvalue weighted by molar-refractivity contribution is -0.384. The molecule has 0 bridgehead atoms. The van der Waals surface area contributed by atoms with Crippen molar-refractivity contribution in [1.29, 1.82) is 0 Å². The van der Waals surface area contributed by atoms with Crippen molar-refractivity contribution in [2.75, 3.05) is 31.1 Å². The van der Waals surface area contributed by atoms with E-state index in [9.17, 15) is 10.1 Å². The summed E-state index contributed by atoms with van der Waals surface area (Å²) in [6.07, 6.45) is 4.60. The number of anilines is 1. The van der Waals surface area contributed by atoms with Gasteiger partial charge in [-0.3, -0.25) is 10.1 Å². The highest BCUT2D eigenvalue weighted by molar-refractivity contribution is 6.30. The van der Waals surface area contributed by atoms with E-state index in [2.05, 4.69) is 17.2 Å². The van der Waals surface area contributed by atoms with Gasteiger partial charge in [-0.1, -0.05) is 18.5 Å². The van der Waals surface area contributed by atoms with Gasteiger partial charge in [-0.2, -0.15) is 0 Å². The highest BCUT2D eigenvalue weighted by atomic mass is 35.5. The van der Waals surface area contributed by atoms with Crippen LogP contribution >= 0.6 is 11.6 Å². The molecule has 0 spiro atoms. The first-order chi connectivity index (χ1) is 10.1. The average molecular weight is 313 g/mol. The van der Waals surface area contributed by atoms with Crippen LogP contribution in [-0.2, 0) is 0 Å². The van der Waals surface area contributed by atoms with Crippen LogP contribution in [0.15, 0.2) is 12.3 Å². The van der Waals surface area contributed by atoms with E-state index in [0.717, 1.165) is 45.4 Å². The second-order valence-electron chi connectivity index (χ2n) is 5.39. The lowest BCUT2D eigenvalue weighted by atomic mass is 9.97. The third-order valence-electron chi connectivity index (χ3n) is 3.74. The topological polar surface area (TPSA) is 71.3 Å². The van der Waals surface area contributed by atoms with E-state index >= 15 is 0 Å². The van der Waals surface area contributed by atoms with Gasteiger partial charge in [0.05, 0.1) is 9.95 Å². The molecule has 1 aromatic heterocycles. The van der Waals surface area contributed by atoms with Gasteiger partial charge in [0.2, 0.25) is 5.82 Å². The first-order valence-corrected chi connectivity index (χ1v) is 7.75. The Bertz CT molecular complexity index is 492. The van der Waals surface area contributed by atoms with Crippen molar-refractivity contribution < 1.29 is 4.92 Å². The number of nitro groups is 1. The molecule has 0 atom stereocenters. The molecular weight excluding hydrogens is 292 g/mol. The molecule has 21 heavy (non-hydrogen) atoms. The maximum Gasteiger partial charge on any atom is 0.313 e. The van der Waals surface area contributed by atoms with E-state index in [1.807, 2.05) is 4.90 Å². The molecule has 0 aliphatic carbocycles. The van der Waals surface area contributed by atoms with Crippen LogP contribution in [0.1, 0.15) is 26.2 Å². The van der Waals surface area contributed by atoms with E-state index in [1.54, 1.807) is 0 Å². The summed E-state index contributed by atoms with van der Waals surface area (Å²) in [6.45, 7) is 5.67. The van der Waals surface area contributed by atoms with Crippen molar-refractivity contribution in [3.05, 3.63) is 27.4 Å². The van der Waals surface area contributed by atoms with Crippen LogP contribution in [0, 0.1) is 16.0 Å². The molecule has 1 aliphatic heterocycles. The number of hydrogen-bond acceptors (Lipinski definition) is 5. The quantitative estimate of drug-likeness (QED) is 0.646. The molecule has 0 aromatic carbocycles. The molecule has 6 nitrogen and oxygen atoms in total. The molecule has 0 saturated carbocycles. The van der Waals surface area contributed by atoms with Crippen molar-refractivity contribution in [2.45, 2.75) is 26.2 Å². The zero-order valence-electron chi connectivity index (χ0n) is 12.2. The highest BCUT2D eigenvalue weighted by Gasteiger charge is 2.24. The summed E-state index contributed by atoms with van der Waals surface area (Å²) in [6, 6.07) is 1.38. The number of halogens is 1. The minimum atomic E-state index is -0.403. The molecule has 2 heterocycles. The minimum absolute atomic E-state index is 0.00937. The van der Waals surface area contributed by atoms with Crippen molar-refractivity contribution in [3.8, 4) is 0 Å². The Kier molecular flexibility index (Phi) is 5.76. The zero-order valence-corrected chi connectivity index (χ0v) is 13.0. The summed E-state index contributed by atoms with van der Waals surface area (Å²) < 4.78 is 0. The largest absolute Gasteiger partial charge is 0.351 e. The van der Waals surface area contributed by atoms with Crippen LogP contribution in [0.4, 0.5) is 11.5 Å². The van der Waals surface area contributed by atoms with Gasteiger partial charge < -0.3 is 10.2 Å². The van der Waals surface area contributed by atoms with Gasteiger partial charge in [0.15, 0.2) is 0 Å². The number of piperidine rings is 1. The third kappa shape index (κ3) is 4.28. The monoisotopic (exact) mass is 312 g/mol. The van der Waals surface area contributed by atoms with Crippen LogP contribution in [-0.4, -0.2) is 36.1 Å². The maximum absolute atomic E-state index is 11.2. The molecule has 1 fully saturated rings. The fraction of sp³-hybridized carbons (Fsp3) is 0.643. The van der Waals surface area contributed by atoms with Crippen LogP contribution < -0.4 is 10.2 Å². The molecule has 0 unspecified atom stereocenters. The molecule has 116 valence electrons. The molecule has 1 N–H and O–H groups in total. The molecular formula is C14H21ClN4O2. The Labute approximate surface area is 129 Å². The van der Waals surface area contributed by atoms with E-state index in [0.29, 0.717) is 16.8 Å². The molecule has 1 aliphatic rings. The Morgan fingerprint density at radius 1 is 1.52 bits per heavy atom. The van der Waals surface area contributed by atoms with Crippen molar-refractivity contribution in [1.82, 2.24) is 10.3 Å². The molecule has 0 amide bonds. The number of hydrogen-bond donors (Lipinski definition) is 1. The highest BCUT2D eigenvalue weighted by Crippen LogP contribution is 2.30. The normalized spacial score (nSPS) is 15.9. The van der Waals surface area contributed by atoms with E-state index in [1.165, 1.54) is 12.3 Å². The number of nitrogens with zero attached hydrogens (tertiary/aromatic N) is 3. The Balaban J connectivity index is 2.22. The smallest absolute Gasteiger partial charge is 0.313 e. The number of aromatic nitrogens is 1. The summed E-state index contributed by atoms with van der Waals surface area (Å²) in [5.41, 5.74) is -0.00937. The Morgan fingerprint density at radius 2 is 2.24 bits per heavy atom. The van der Waals surface area contributed by atoms with Crippen LogP contribution in [0.5, 0.6) is 0 Å². The summed E-state index contributed by atoms with van der Waals surface area (Å²) >= 11 is 5.84. The summed E-state index contributed by atoms with van der Waals surface area (Å²) in [5.74, 6) is 0.986. The van der Waals surface area contributed by atoms with Gasteiger partial charge in [-0.05, 0) is 38.3 Å². The lowest BCUT2D eigenvalue weighted by Crippen LogP contribution is -2.37. The fourth-order valence-corrected chi connectivity index (χ4v) is 2.88. The van der Waals surface area contributed by atoms with Crippen molar-refractivity contribution in [3.63, 3.8) is 0 Å². The van der Waals surface area contributed by atoms with Crippen LogP contribution in [0.25, 0.3) is 0 Å². The summed E-state index contributed by atoms with van der Waals surface area (Å²) in [7, 11) is 0.